The van der Waals surface area contributed by atoms with Gasteiger partial charge in [-0.3, -0.25) is 4.79 Å². The summed E-state index contributed by atoms with van der Waals surface area (Å²) in [6, 6.07) is 7.87. The zero-order valence-corrected chi connectivity index (χ0v) is 11.8. The van der Waals surface area contributed by atoms with E-state index in [1.807, 2.05) is 45.0 Å². The third-order valence-electron chi connectivity index (χ3n) is 2.63. The summed E-state index contributed by atoms with van der Waals surface area (Å²) in [5.74, 6) is 0.393. The van der Waals surface area contributed by atoms with Crippen LogP contribution in [0.1, 0.15) is 29.9 Å². The molecule has 0 radical (unpaired) electrons. The Kier molecular flexibility index (Phi) is 4.30. The number of aryl methyl sites for hydroxylation is 1. The van der Waals surface area contributed by atoms with Crippen molar-refractivity contribution in [3.8, 4) is 0 Å². The second-order valence-electron chi connectivity index (χ2n) is 4.91. The lowest BCUT2D eigenvalue weighted by Crippen LogP contribution is -2.16. The van der Waals surface area contributed by atoms with Crippen LogP contribution in [0, 0.1) is 6.92 Å². The molecule has 2 N–H and O–H groups in total. The van der Waals surface area contributed by atoms with Crippen LogP contribution in [0.4, 0.5) is 11.5 Å². The third kappa shape index (κ3) is 3.78. The predicted octanol–water partition coefficient (Wildman–Crippen LogP) is 2.86. The normalized spacial score (nSPS) is 10.4. The molecule has 0 saturated heterocycles. The molecule has 0 spiro atoms. The monoisotopic (exact) mass is 270 g/mol. The molecule has 0 fully saturated rings. The zero-order valence-electron chi connectivity index (χ0n) is 11.8. The number of anilines is 2. The summed E-state index contributed by atoms with van der Waals surface area (Å²) < 4.78 is 0. The van der Waals surface area contributed by atoms with E-state index in [9.17, 15) is 4.79 Å². The number of nitrogens with zero attached hydrogens (tertiary/aromatic N) is 2. The maximum Gasteiger partial charge on any atom is 0.275 e. The number of carbonyl (C=O) groups is 1. The molecule has 1 amide bonds. The van der Waals surface area contributed by atoms with Crippen LogP contribution in [0.25, 0.3) is 0 Å². The number of aromatic nitrogens is 2. The van der Waals surface area contributed by atoms with E-state index in [-0.39, 0.29) is 11.9 Å². The zero-order chi connectivity index (χ0) is 14.5. The molecule has 1 heterocycles. The van der Waals surface area contributed by atoms with Gasteiger partial charge in [-0.2, -0.15) is 0 Å². The minimum atomic E-state index is -0.266. The van der Waals surface area contributed by atoms with Gasteiger partial charge in [-0.05, 0) is 32.9 Å². The van der Waals surface area contributed by atoms with E-state index >= 15 is 0 Å². The predicted molar refractivity (Wildman–Crippen MR) is 79.9 cm³/mol. The van der Waals surface area contributed by atoms with Crippen LogP contribution in [-0.4, -0.2) is 21.9 Å². The van der Waals surface area contributed by atoms with Crippen molar-refractivity contribution in [1.82, 2.24) is 9.97 Å². The minimum absolute atomic E-state index is 0.266. The maximum absolute atomic E-state index is 12.0. The molecule has 0 bridgehead atoms. The van der Waals surface area contributed by atoms with Crippen LogP contribution in [0.3, 0.4) is 0 Å². The van der Waals surface area contributed by atoms with Gasteiger partial charge in [0.05, 0.1) is 12.4 Å². The van der Waals surface area contributed by atoms with Crippen LogP contribution in [-0.2, 0) is 0 Å². The Morgan fingerprint density at radius 3 is 2.35 bits per heavy atom. The van der Waals surface area contributed by atoms with Gasteiger partial charge in [0, 0.05) is 11.7 Å². The van der Waals surface area contributed by atoms with Crippen LogP contribution < -0.4 is 10.6 Å². The smallest absolute Gasteiger partial charge is 0.275 e. The van der Waals surface area contributed by atoms with E-state index in [1.165, 1.54) is 6.20 Å². The molecule has 5 heteroatoms. The fraction of sp³-hybridized carbons (Fsp3) is 0.267. The molecule has 0 aliphatic carbocycles. The highest BCUT2D eigenvalue weighted by Crippen LogP contribution is 2.10. The van der Waals surface area contributed by atoms with Gasteiger partial charge in [-0.25, -0.2) is 9.97 Å². The van der Waals surface area contributed by atoms with Gasteiger partial charge in [0.1, 0.15) is 11.5 Å². The first-order valence-electron chi connectivity index (χ1n) is 6.51. The lowest BCUT2D eigenvalue weighted by atomic mass is 10.2. The number of hydrogen-bond acceptors (Lipinski definition) is 4. The lowest BCUT2D eigenvalue weighted by molar-refractivity contribution is 0.102. The highest BCUT2D eigenvalue weighted by atomic mass is 16.1. The second kappa shape index (κ2) is 6.14. The first kappa shape index (κ1) is 14.0. The molecule has 20 heavy (non-hydrogen) atoms. The molecule has 1 aromatic heterocycles. The Morgan fingerprint density at radius 2 is 1.80 bits per heavy atom. The van der Waals surface area contributed by atoms with Crippen molar-refractivity contribution in [2.45, 2.75) is 26.8 Å². The van der Waals surface area contributed by atoms with Crippen LogP contribution in [0.15, 0.2) is 36.7 Å². The molecule has 2 aromatic rings. The molecule has 0 saturated carbocycles. The van der Waals surface area contributed by atoms with E-state index < -0.39 is 0 Å². The maximum atomic E-state index is 12.0. The Labute approximate surface area is 118 Å². The van der Waals surface area contributed by atoms with E-state index in [0.29, 0.717) is 11.5 Å². The van der Waals surface area contributed by atoms with Gasteiger partial charge >= 0.3 is 0 Å². The number of hydrogen-bond donors (Lipinski definition) is 2. The highest BCUT2D eigenvalue weighted by Gasteiger charge is 2.08. The fourth-order valence-corrected chi connectivity index (χ4v) is 1.65. The summed E-state index contributed by atoms with van der Waals surface area (Å²) in [5.41, 5.74) is 2.18. The van der Waals surface area contributed by atoms with Gasteiger partial charge < -0.3 is 10.6 Å². The first-order valence-corrected chi connectivity index (χ1v) is 6.51. The highest BCUT2D eigenvalue weighted by molar-refractivity contribution is 6.02. The topological polar surface area (TPSA) is 66.9 Å². The third-order valence-corrected chi connectivity index (χ3v) is 2.63. The quantitative estimate of drug-likeness (QED) is 0.896. The van der Waals surface area contributed by atoms with Crippen molar-refractivity contribution in [2.75, 3.05) is 10.6 Å². The molecule has 5 nitrogen and oxygen atoms in total. The first-order chi connectivity index (χ1) is 9.54. The molecular weight excluding hydrogens is 252 g/mol. The molecule has 0 aliphatic rings. The largest absolute Gasteiger partial charge is 0.367 e. The van der Waals surface area contributed by atoms with Gasteiger partial charge in [0.15, 0.2) is 0 Å². The summed E-state index contributed by atoms with van der Waals surface area (Å²) in [4.78, 5) is 20.3. The van der Waals surface area contributed by atoms with E-state index in [0.717, 1.165) is 11.3 Å². The summed E-state index contributed by atoms with van der Waals surface area (Å²) in [5, 5.41) is 5.91. The van der Waals surface area contributed by atoms with Gasteiger partial charge in [0.2, 0.25) is 0 Å². The van der Waals surface area contributed by atoms with E-state index in [1.54, 1.807) is 6.20 Å². The van der Waals surface area contributed by atoms with Crippen molar-refractivity contribution in [2.24, 2.45) is 0 Å². The van der Waals surface area contributed by atoms with Crippen molar-refractivity contribution < 1.29 is 4.79 Å². The van der Waals surface area contributed by atoms with Gasteiger partial charge in [0.25, 0.3) is 5.91 Å². The van der Waals surface area contributed by atoms with Crippen LogP contribution in [0.5, 0.6) is 0 Å². The molecule has 104 valence electrons. The van der Waals surface area contributed by atoms with Gasteiger partial charge in [-0.15, -0.1) is 0 Å². The summed E-state index contributed by atoms with van der Waals surface area (Å²) in [7, 11) is 0. The number of nitrogens with one attached hydrogen (secondary N) is 2. The van der Waals surface area contributed by atoms with Crippen molar-refractivity contribution in [1.29, 1.82) is 0 Å². The Hall–Kier alpha value is -2.43. The van der Waals surface area contributed by atoms with Crippen LogP contribution in [0.2, 0.25) is 0 Å². The Balaban J connectivity index is 2.03. The van der Waals surface area contributed by atoms with Crippen molar-refractivity contribution >= 4 is 17.4 Å². The lowest BCUT2D eigenvalue weighted by Gasteiger charge is -2.09. The molecular formula is C15H18N4O. The average molecular weight is 270 g/mol. The molecule has 0 unspecified atom stereocenters. The molecule has 0 atom stereocenters. The van der Waals surface area contributed by atoms with Crippen molar-refractivity contribution in [3.63, 3.8) is 0 Å². The van der Waals surface area contributed by atoms with Crippen molar-refractivity contribution in [3.05, 3.63) is 47.9 Å². The SMILES string of the molecule is Cc1ccc(NC(=O)c2cnc(NC(C)C)cn2)cc1. The molecule has 1 aromatic carbocycles. The number of amides is 1. The number of rotatable bonds is 4. The summed E-state index contributed by atoms with van der Waals surface area (Å²) >= 11 is 0. The Bertz CT molecular complexity index is 576. The molecule has 2 rings (SSSR count). The summed E-state index contributed by atoms with van der Waals surface area (Å²) in [6.07, 6.45) is 3.03. The number of carbonyl (C=O) groups excluding carboxylic acids is 1. The number of benzene rings is 1. The second-order valence-corrected chi connectivity index (χ2v) is 4.91. The minimum Gasteiger partial charge on any atom is -0.367 e. The van der Waals surface area contributed by atoms with Gasteiger partial charge in [-0.1, -0.05) is 17.7 Å². The van der Waals surface area contributed by atoms with Crippen LogP contribution >= 0.6 is 0 Å². The molecule has 0 aliphatic heterocycles. The average Bonchev–Trinajstić information content (AvgIpc) is 2.41. The van der Waals surface area contributed by atoms with E-state index in [2.05, 4.69) is 20.6 Å². The van der Waals surface area contributed by atoms with E-state index in [4.69, 9.17) is 0 Å². The Morgan fingerprint density at radius 1 is 1.10 bits per heavy atom. The fourth-order valence-electron chi connectivity index (χ4n) is 1.65. The summed E-state index contributed by atoms with van der Waals surface area (Å²) in [6.45, 7) is 6.02. The standard InChI is InChI=1S/C15H18N4O/c1-10(2)18-14-9-16-13(8-17-14)15(20)19-12-6-4-11(3)5-7-12/h4-10H,1-3H3,(H,17,18)(H,19,20).